The molecule has 2 saturated heterocycles. The van der Waals surface area contributed by atoms with Crippen LogP contribution in [0.15, 0.2) is 30.3 Å². The van der Waals surface area contributed by atoms with Crippen LogP contribution >= 0.6 is 11.8 Å². The number of thioether (sulfide) groups is 1. The van der Waals surface area contributed by atoms with E-state index in [9.17, 15) is 5.11 Å². The molecule has 2 fully saturated rings. The minimum Gasteiger partial charge on any atom is -0.390 e. The summed E-state index contributed by atoms with van der Waals surface area (Å²) in [5, 5.41) is 12.3. The molecule has 1 aromatic rings. The van der Waals surface area contributed by atoms with Gasteiger partial charge >= 0.3 is 0 Å². The quantitative estimate of drug-likeness (QED) is 0.801. The van der Waals surface area contributed by atoms with Crippen molar-refractivity contribution in [3.63, 3.8) is 0 Å². The van der Waals surface area contributed by atoms with Gasteiger partial charge in [0.2, 0.25) is 0 Å². The zero-order valence-corrected chi connectivity index (χ0v) is 13.1. The Bertz CT molecular complexity index is 405. The minimum absolute atomic E-state index is 0.350. The molecule has 0 aromatic heterocycles. The lowest BCUT2D eigenvalue weighted by Gasteiger charge is -2.44. The number of hydrogen-bond donors (Lipinski definition) is 1. The second-order valence-electron chi connectivity index (χ2n) is 6.64. The van der Waals surface area contributed by atoms with E-state index in [2.05, 4.69) is 42.1 Å². The predicted octanol–water partition coefficient (Wildman–Crippen LogP) is 4.58. The van der Waals surface area contributed by atoms with Gasteiger partial charge in [-0.1, -0.05) is 43.2 Å². The van der Waals surface area contributed by atoms with E-state index in [0.29, 0.717) is 0 Å². The molecule has 0 saturated carbocycles. The first kappa shape index (κ1) is 14.5. The lowest BCUT2D eigenvalue weighted by atomic mass is 9.82. The van der Waals surface area contributed by atoms with Crippen LogP contribution in [0.4, 0.5) is 0 Å². The van der Waals surface area contributed by atoms with E-state index in [-0.39, 0.29) is 5.60 Å². The van der Waals surface area contributed by atoms with Crippen molar-refractivity contribution < 1.29 is 5.11 Å². The molecule has 2 unspecified atom stereocenters. The average Bonchev–Trinajstić information content (AvgIpc) is 2.44. The first-order valence-electron chi connectivity index (χ1n) is 8.15. The minimum atomic E-state index is -0.350. The predicted molar refractivity (Wildman–Crippen MR) is 87.2 cm³/mol. The summed E-state index contributed by atoms with van der Waals surface area (Å²) in [6.45, 7) is 0. The van der Waals surface area contributed by atoms with Crippen LogP contribution in [0.2, 0.25) is 0 Å². The van der Waals surface area contributed by atoms with Crippen molar-refractivity contribution in [2.24, 2.45) is 0 Å². The number of aryl methyl sites for hydroxylation is 1. The van der Waals surface area contributed by atoms with Gasteiger partial charge in [0.1, 0.15) is 0 Å². The zero-order chi connectivity index (χ0) is 13.8. The summed E-state index contributed by atoms with van der Waals surface area (Å²) < 4.78 is 0. The molecule has 1 N–H and O–H groups in total. The van der Waals surface area contributed by atoms with Gasteiger partial charge < -0.3 is 5.11 Å². The molecule has 2 atom stereocenters. The van der Waals surface area contributed by atoms with Gasteiger partial charge in [-0.3, -0.25) is 0 Å². The van der Waals surface area contributed by atoms with Crippen LogP contribution in [0.3, 0.4) is 0 Å². The van der Waals surface area contributed by atoms with E-state index in [0.717, 1.165) is 42.6 Å². The Balaban J connectivity index is 1.43. The highest BCUT2D eigenvalue weighted by molar-refractivity contribution is 8.00. The molecule has 2 heteroatoms. The lowest BCUT2D eigenvalue weighted by molar-refractivity contribution is 0.00250. The number of unbranched alkanes of at least 4 members (excludes halogenated alkanes) is 1. The SMILES string of the molecule is OC1(CCCCc2ccccc2)CC2CCCC(C1)S2. The molecule has 20 heavy (non-hydrogen) atoms. The first-order valence-corrected chi connectivity index (χ1v) is 9.10. The third kappa shape index (κ3) is 3.79. The number of rotatable bonds is 5. The topological polar surface area (TPSA) is 20.2 Å². The fourth-order valence-corrected chi connectivity index (χ4v) is 5.81. The van der Waals surface area contributed by atoms with Crippen molar-refractivity contribution in [3.05, 3.63) is 35.9 Å². The molecule has 2 aliphatic rings. The average molecular weight is 290 g/mol. The number of aliphatic hydroxyl groups is 1. The Morgan fingerprint density at radius 1 is 1.05 bits per heavy atom. The standard InChI is InChI=1S/C18H26OS/c19-18(13-16-10-6-11-17(14-18)20-16)12-5-4-9-15-7-2-1-3-8-15/h1-3,7-8,16-17,19H,4-6,9-14H2. The summed E-state index contributed by atoms with van der Waals surface area (Å²) in [6.07, 6.45) is 10.6. The van der Waals surface area contributed by atoms with Crippen LogP contribution in [0.25, 0.3) is 0 Å². The molecular formula is C18H26OS. The van der Waals surface area contributed by atoms with Crippen LogP contribution in [0, 0.1) is 0 Å². The lowest BCUT2D eigenvalue weighted by Crippen LogP contribution is -2.42. The Morgan fingerprint density at radius 3 is 2.45 bits per heavy atom. The fraction of sp³-hybridized carbons (Fsp3) is 0.667. The Labute approximate surface area is 127 Å². The van der Waals surface area contributed by atoms with Crippen LogP contribution in [-0.4, -0.2) is 21.2 Å². The van der Waals surface area contributed by atoms with Crippen LogP contribution < -0.4 is 0 Å². The summed E-state index contributed by atoms with van der Waals surface area (Å²) in [7, 11) is 0. The van der Waals surface area contributed by atoms with Gasteiger partial charge in [0.25, 0.3) is 0 Å². The van der Waals surface area contributed by atoms with Crippen molar-refractivity contribution in [1.82, 2.24) is 0 Å². The number of hydrogen-bond acceptors (Lipinski definition) is 2. The molecule has 1 aromatic carbocycles. The van der Waals surface area contributed by atoms with E-state index in [1.165, 1.54) is 31.2 Å². The van der Waals surface area contributed by atoms with Crippen molar-refractivity contribution >= 4 is 11.8 Å². The summed E-state index contributed by atoms with van der Waals surface area (Å²) in [5.41, 5.74) is 1.08. The first-order chi connectivity index (χ1) is 9.73. The van der Waals surface area contributed by atoms with Crippen LogP contribution in [-0.2, 0) is 6.42 Å². The molecule has 0 amide bonds. The summed E-state index contributed by atoms with van der Waals surface area (Å²) in [6, 6.07) is 10.7. The highest BCUT2D eigenvalue weighted by Gasteiger charge is 2.40. The van der Waals surface area contributed by atoms with Gasteiger partial charge in [0.15, 0.2) is 0 Å². The van der Waals surface area contributed by atoms with E-state index in [1.54, 1.807) is 0 Å². The molecule has 1 nitrogen and oxygen atoms in total. The van der Waals surface area contributed by atoms with Gasteiger partial charge in [-0.05, 0) is 50.5 Å². The maximum atomic E-state index is 10.9. The van der Waals surface area contributed by atoms with E-state index < -0.39 is 0 Å². The van der Waals surface area contributed by atoms with Crippen molar-refractivity contribution in [2.75, 3.05) is 0 Å². The Morgan fingerprint density at radius 2 is 1.75 bits per heavy atom. The third-order valence-electron chi connectivity index (χ3n) is 4.85. The molecule has 0 aliphatic carbocycles. The number of fused-ring (bicyclic) bond motifs is 2. The van der Waals surface area contributed by atoms with E-state index in [4.69, 9.17) is 0 Å². The summed E-state index contributed by atoms with van der Waals surface area (Å²) >= 11 is 2.15. The third-order valence-corrected chi connectivity index (χ3v) is 6.43. The molecule has 2 bridgehead atoms. The zero-order valence-electron chi connectivity index (χ0n) is 12.3. The molecule has 110 valence electrons. The fourth-order valence-electron chi connectivity index (χ4n) is 3.84. The second kappa shape index (κ2) is 6.53. The van der Waals surface area contributed by atoms with Crippen molar-refractivity contribution in [2.45, 2.75) is 73.9 Å². The van der Waals surface area contributed by atoms with E-state index >= 15 is 0 Å². The van der Waals surface area contributed by atoms with Gasteiger partial charge in [0, 0.05) is 10.5 Å². The molecule has 0 radical (unpaired) electrons. The van der Waals surface area contributed by atoms with Crippen molar-refractivity contribution in [3.8, 4) is 0 Å². The highest BCUT2D eigenvalue weighted by Crippen LogP contribution is 2.47. The largest absolute Gasteiger partial charge is 0.390 e. The molecule has 3 rings (SSSR count). The van der Waals surface area contributed by atoms with Gasteiger partial charge in [-0.2, -0.15) is 11.8 Å². The smallest absolute Gasteiger partial charge is 0.0668 e. The van der Waals surface area contributed by atoms with E-state index in [1.807, 2.05) is 0 Å². The highest BCUT2D eigenvalue weighted by atomic mass is 32.2. The molecule has 2 aliphatic heterocycles. The summed E-state index contributed by atoms with van der Waals surface area (Å²) in [5.74, 6) is 0. The molecule has 0 spiro atoms. The van der Waals surface area contributed by atoms with Crippen LogP contribution in [0.5, 0.6) is 0 Å². The molecule has 2 heterocycles. The van der Waals surface area contributed by atoms with Gasteiger partial charge in [-0.25, -0.2) is 0 Å². The van der Waals surface area contributed by atoms with Gasteiger partial charge in [-0.15, -0.1) is 0 Å². The van der Waals surface area contributed by atoms with Crippen molar-refractivity contribution in [1.29, 1.82) is 0 Å². The Hall–Kier alpha value is -0.470. The number of benzene rings is 1. The van der Waals surface area contributed by atoms with Crippen LogP contribution in [0.1, 0.15) is 56.9 Å². The maximum Gasteiger partial charge on any atom is 0.0668 e. The second-order valence-corrected chi connectivity index (χ2v) is 8.24. The maximum absolute atomic E-state index is 10.9. The normalized spacial score (nSPS) is 33.0. The van der Waals surface area contributed by atoms with Gasteiger partial charge in [0.05, 0.1) is 5.60 Å². The monoisotopic (exact) mass is 290 g/mol. The summed E-state index contributed by atoms with van der Waals surface area (Å²) in [4.78, 5) is 0. The Kier molecular flexibility index (Phi) is 4.72. The molecular weight excluding hydrogens is 264 g/mol.